The molecule has 0 aliphatic rings. The number of hydrogen-bond donors (Lipinski definition) is 0. The largest absolute Gasteiger partial charge is 0.271 e. The fourth-order valence-electron chi connectivity index (χ4n) is 1.43. The lowest BCUT2D eigenvalue weighted by Gasteiger charge is -2.04. The molecular formula is C10H16BrClN2. The molecule has 0 aliphatic carbocycles. The number of hydrogen-bond acceptors (Lipinski definition) is 1. The van der Waals surface area contributed by atoms with Crippen molar-refractivity contribution in [1.82, 2.24) is 9.78 Å². The van der Waals surface area contributed by atoms with Gasteiger partial charge in [-0.3, -0.25) is 4.68 Å². The molecule has 0 bridgehead atoms. The zero-order valence-electron chi connectivity index (χ0n) is 8.85. The van der Waals surface area contributed by atoms with Crippen LogP contribution in [0.4, 0.5) is 0 Å². The Hall–Kier alpha value is -0.0200. The Kier molecular flexibility index (Phi) is 4.45. The maximum absolute atomic E-state index is 6.21. The van der Waals surface area contributed by atoms with Crippen LogP contribution in [0, 0.1) is 0 Å². The first-order valence-corrected chi connectivity index (χ1v) is 6.20. The first-order valence-electron chi connectivity index (χ1n) is 4.90. The molecule has 14 heavy (non-hydrogen) atoms. The third-order valence-electron chi connectivity index (χ3n) is 2.28. The lowest BCUT2D eigenvalue weighted by Crippen LogP contribution is -2.01. The molecule has 0 N–H and O–H groups in total. The fraction of sp³-hybridized carbons (Fsp3) is 0.700. The number of nitrogens with zero attached hydrogens (tertiary/aromatic N) is 2. The molecule has 1 aromatic rings. The van der Waals surface area contributed by atoms with Crippen LogP contribution in [-0.4, -0.2) is 14.6 Å². The van der Waals surface area contributed by atoms with Gasteiger partial charge < -0.3 is 0 Å². The highest BCUT2D eigenvalue weighted by atomic mass is 79.9. The van der Waals surface area contributed by atoms with Gasteiger partial charge in [0.1, 0.15) is 0 Å². The lowest BCUT2D eigenvalue weighted by molar-refractivity contribution is 0.675. The molecule has 80 valence electrons. The second kappa shape index (κ2) is 5.17. The topological polar surface area (TPSA) is 17.8 Å². The van der Waals surface area contributed by atoms with Crippen LogP contribution >= 0.6 is 27.5 Å². The van der Waals surface area contributed by atoms with Gasteiger partial charge in [0.05, 0.1) is 16.4 Å². The van der Waals surface area contributed by atoms with Gasteiger partial charge in [0.15, 0.2) is 0 Å². The Bertz CT molecular complexity index is 307. The zero-order valence-corrected chi connectivity index (χ0v) is 11.2. The van der Waals surface area contributed by atoms with Crippen LogP contribution < -0.4 is 0 Å². The second-order valence-electron chi connectivity index (χ2n) is 3.50. The summed E-state index contributed by atoms with van der Waals surface area (Å²) in [6, 6.07) is 0. The SMILES string of the molecule is CCc1nn(C)c(CCC(C)Br)c1Cl. The van der Waals surface area contributed by atoms with Crippen molar-refractivity contribution in [3.8, 4) is 0 Å². The van der Waals surface area contributed by atoms with Crippen molar-refractivity contribution in [2.24, 2.45) is 7.05 Å². The van der Waals surface area contributed by atoms with Crippen LogP contribution in [0.5, 0.6) is 0 Å². The molecular weight excluding hydrogens is 263 g/mol. The smallest absolute Gasteiger partial charge is 0.0849 e. The molecule has 0 aliphatic heterocycles. The van der Waals surface area contributed by atoms with Gasteiger partial charge in [0.2, 0.25) is 0 Å². The Morgan fingerprint density at radius 2 is 2.21 bits per heavy atom. The summed E-state index contributed by atoms with van der Waals surface area (Å²) in [4.78, 5) is 0.526. The average molecular weight is 280 g/mol. The van der Waals surface area contributed by atoms with Crippen molar-refractivity contribution < 1.29 is 0 Å². The highest BCUT2D eigenvalue weighted by Crippen LogP contribution is 2.23. The van der Waals surface area contributed by atoms with E-state index in [1.807, 2.05) is 11.7 Å². The maximum atomic E-state index is 6.21. The van der Waals surface area contributed by atoms with E-state index < -0.39 is 0 Å². The normalized spacial score (nSPS) is 13.2. The minimum Gasteiger partial charge on any atom is -0.271 e. The third-order valence-corrected chi connectivity index (χ3v) is 3.18. The standard InChI is InChI=1S/C10H16BrClN2/c1-4-8-10(12)9(14(3)13-8)6-5-7(2)11/h7H,4-6H2,1-3H3. The molecule has 1 heterocycles. The summed E-state index contributed by atoms with van der Waals surface area (Å²) < 4.78 is 1.90. The van der Waals surface area contributed by atoms with E-state index in [1.165, 1.54) is 0 Å². The molecule has 0 fully saturated rings. The van der Waals surface area contributed by atoms with Gasteiger partial charge in [-0.1, -0.05) is 41.4 Å². The Morgan fingerprint density at radius 1 is 1.57 bits per heavy atom. The molecule has 0 amide bonds. The van der Waals surface area contributed by atoms with E-state index in [0.29, 0.717) is 4.83 Å². The molecule has 0 aromatic carbocycles. The molecule has 0 radical (unpaired) electrons. The first kappa shape index (κ1) is 12.1. The van der Waals surface area contributed by atoms with Crippen LogP contribution in [0.3, 0.4) is 0 Å². The number of alkyl halides is 1. The summed E-state index contributed by atoms with van der Waals surface area (Å²) in [6.07, 6.45) is 2.97. The summed E-state index contributed by atoms with van der Waals surface area (Å²) in [6.45, 7) is 4.22. The number of halogens is 2. The van der Waals surface area contributed by atoms with Crippen LogP contribution in [0.25, 0.3) is 0 Å². The molecule has 1 atom stereocenters. The summed E-state index contributed by atoms with van der Waals surface area (Å²) in [7, 11) is 1.96. The van der Waals surface area contributed by atoms with E-state index >= 15 is 0 Å². The predicted octanol–water partition coefficient (Wildman–Crippen LogP) is 3.35. The molecule has 1 aromatic heterocycles. The zero-order chi connectivity index (χ0) is 10.7. The highest BCUT2D eigenvalue weighted by Gasteiger charge is 2.12. The molecule has 2 nitrogen and oxygen atoms in total. The van der Waals surface area contributed by atoms with E-state index in [-0.39, 0.29) is 0 Å². The number of rotatable bonds is 4. The molecule has 4 heteroatoms. The highest BCUT2D eigenvalue weighted by molar-refractivity contribution is 9.09. The monoisotopic (exact) mass is 278 g/mol. The molecule has 1 rings (SSSR count). The summed E-state index contributed by atoms with van der Waals surface area (Å²) in [5.74, 6) is 0. The van der Waals surface area contributed by atoms with Gasteiger partial charge in [0.25, 0.3) is 0 Å². The molecule has 0 spiro atoms. The summed E-state index contributed by atoms with van der Waals surface area (Å²) in [5.41, 5.74) is 2.15. The number of aromatic nitrogens is 2. The summed E-state index contributed by atoms with van der Waals surface area (Å²) >= 11 is 9.75. The van der Waals surface area contributed by atoms with E-state index in [4.69, 9.17) is 11.6 Å². The molecule has 0 saturated heterocycles. The average Bonchev–Trinajstić information content (AvgIpc) is 2.39. The van der Waals surface area contributed by atoms with E-state index in [1.54, 1.807) is 0 Å². The molecule has 0 saturated carbocycles. The van der Waals surface area contributed by atoms with Gasteiger partial charge in [-0.25, -0.2) is 0 Å². The minimum atomic E-state index is 0.526. The fourth-order valence-corrected chi connectivity index (χ4v) is 2.04. The van der Waals surface area contributed by atoms with E-state index in [0.717, 1.165) is 35.7 Å². The first-order chi connectivity index (χ1) is 6.56. The Labute approximate surface area is 98.8 Å². The van der Waals surface area contributed by atoms with Crippen molar-refractivity contribution >= 4 is 27.5 Å². The molecule has 1 unspecified atom stereocenters. The van der Waals surface area contributed by atoms with Gasteiger partial charge in [-0.2, -0.15) is 5.10 Å². The van der Waals surface area contributed by atoms with E-state index in [2.05, 4.69) is 34.9 Å². The Morgan fingerprint density at radius 3 is 2.64 bits per heavy atom. The van der Waals surface area contributed by atoms with E-state index in [9.17, 15) is 0 Å². The van der Waals surface area contributed by atoms with Crippen molar-refractivity contribution in [3.63, 3.8) is 0 Å². The van der Waals surface area contributed by atoms with Crippen molar-refractivity contribution in [2.45, 2.75) is 37.9 Å². The Balaban J connectivity index is 2.80. The van der Waals surface area contributed by atoms with Gasteiger partial charge in [-0.05, 0) is 19.3 Å². The number of aryl methyl sites for hydroxylation is 2. The summed E-state index contributed by atoms with van der Waals surface area (Å²) in [5, 5.41) is 5.23. The predicted molar refractivity (Wildman–Crippen MR) is 64.3 cm³/mol. The van der Waals surface area contributed by atoms with Crippen LogP contribution in [0.1, 0.15) is 31.7 Å². The maximum Gasteiger partial charge on any atom is 0.0849 e. The second-order valence-corrected chi connectivity index (χ2v) is 5.45. The van der Waals surface area contributed by atoms with Crippen LogP contribution in [-0.2, 0) is 19.9 Å². The van der Waals surface area contributed by atoms with Crippen LogP contribution in [0.2, 0.25) is 5.02 Å². The van der Waals surface area contributed by atoms with Gasteiger partial charge in [-0.15, -0.1) is 0 Å². The van der Waals surface area contributed by atoms with Crippen molar-refractivity contribution in [3.05, 3.63) is 16.4 Å². The quantitative estimate of drug-likeness (QED) is 0.773. The van der Waals surface area contributed by atoms with Crippen molar-refractivity contribution in [2.75, 3.05) is 0 Å². The third kappa shape index (κ3) is 2.74. The van der Waals surface area contributed by atoms with Gasteiger partial charge >= 0.3 is 0 Å². The minimum absolute atomic E-state index is 0.526. The van der Waals surface area contributed by atoms with Gasteiger partial charge in [0, 0.05) is 11.9 Å². The van der Waals surface area contributed by atoms with Crippen molar-refractivity contribution in [1.29, 1.82) is 0 Å². The van der Waals surface area contributed by atoms with Crippen LogP contribution in [0.15, 0.2) is 0 Å². The lowest BCUT2D eigenvalue weighted by atomic mass is 10.2.